The summed E-state index contributed by atoms with van der Waals surface area (Å²) in [7, 11) is 0. The monoisotopic (exact) mass is 104 g/mol. The van der Waals surface area contributed by atoms with E-state index in [1.165, 1.54) is 0 Å². The van der Waals surface area contributed by atoms with Crippen LogP contribution in [0, 0.1) is 0 Å². The van der Waals surface area contributed by atoms with Crippen LogP contribution < -0.4 is 0 Å². The highest BCUT2D eigenvalue weighted by Gasteiger charge is 1.93. The predicted octanol–water partition coefficient (Wildman–Crippen LogP) is 0.0960. The van der Waals surface area contributed by atoms with Crippen molar-refractivity contribution in [1.82, 2.24) is 0 Å². The molecule has 0 saturated heterocycles. The van der Waals surface area contributed by atoms with Crippen LogP contribution in [0.3, 0.4) is 0 Å². The van der Waals surface area contributed by atoms with Gasteiger partial charge in [-0.25, -0.2) is 0 Å². The van der Waals surface area contributed by atoms with E-state index in [1.807, 2.05) is 0 Å². The van der Waals surface area contributed by atoms with Gasteiger partial charge in [-0.15, -0.1) is 0 Å². The molecule has 40 valence electrons. The summed E-state index contributed by atoms with van der Waals surface area (Å²) in [5, 5.41) is 0. The Morgan fingerprint density at radius 2 is 1.86 bits per heavy atom. The Balaban J connectivity index is 3.47. The second-order valence-electron chi connectivity index (χ2n) is 0.846. The molecular formula is C4H6O3. The van der Waals surface area contributed by atoms with Crippen molar-refractivity contribution in [3.05, 3.63) is 0 Å². The topological polar surface area (TPSA) is 43.4 Å². The van der Waals surface area contributed by atoms with E-state index in [1.54, 1.807) is 0 Å². The standard InChI is InChI=1S/C4H6O3/c1-3(5)7-4(2)6/h1-2H3/i1D,2D. The number of esters is 2. The highest BCUT2D eigenvalue weighted by Crippen LogP contribution is 1.73. The van der Waals surface area contributed by atoms with Gasteiger partial charge in [0.1, 0.15) is 0 Å². The molecule has 0 atom stereocenters. The van der Waals surface area contributed by atoms with Crippen LogP contribution in [0.15, 0.2) is 0 Å². The van der Waals surface area contributed by atoms with Gasteiger partial charge in [-0.3, -0.25) is 9.59 Å². The second kappa shape index (κ2) is 2.34. The van der Waals surface area contributed by atoms with Gasteiger partial charge >= 0.3 is 11.9 Å². The van der Waals surface area contributed by atoms with Crippen LogP contribution in [0.2, 0.25) is 0 Å². The van der Waals surface area contributed by atoms with Crippen molar-refractivity contribution < 1.29 is 17.1 Å². The Morgan fingerprint density at radius 3 is 2.14 bits per heavy atom. The maximum absolute atomic E-state index is 10.1. The SMILES string of the molecule is [2H]CC(=O)OC(=O)C[2H]. The zero-order chi connectivity index (χ0) is 7.28. The van der Waals surface area contributed by atoms with Crippen LogP contribution in [0.25, 0.3) is 0 Å². The van der Waals surface area contributed by atoms with Crippen molar-refractivity contribution in [1.29, 1.82) is 0 Å². The smallest absolute Gasteiger partial charge is 0.310 e. The van der Waals surface area contributed by atoms with Gasteiger partial charge < -0.3 is 4.74 Å². The number of rotatable bonds is 0. The third-order valence-corrected chi connectivity index (χ3v) is 0.228. The first-order valence-electron chi connectivity index (χ1n) is 2.94. The fourth-order valence-electron chi connectivity index (χ4n) is 0.127. The van der Waals surface area contributed by atoms with Crippen molar-refractivity contribution in [3.63, 3.8) is 0 Å². The molecule has 0 aliphatic rings. The Bertz CT molecular complexity index is 109. The van der Waals surface area contributed by atoms with Crippen molar-refractivity contribution in [2.75, 3.05) is 0 Å². The molecule has 3 nitrogen and oxygen atoms in total. The molecule has 0 rings (SSSR count). The second-order valence-corrected chi connectivity index (χ2v) is 0.846. The molecule has 7 heavy (non-hydrogen) atoms. The highest BCUT2D eigenvalue weighted by molar-refractivity contribution is 5.82. The predicted molar refractivity (Wildman–Crippen MR) is 22.4 cm³/mol. The molecule has 3 heteroatoms. The summed E-state index contributed by atoms with van der Waals surface area (Å²) < 4.78 is 16.7. The molecule has 0 amide bonds. The van der Waals surface area contributed by atoms with Crippen LogP contribution in [0.1, 0.15) is 16.5 Å². The van der Waals surface area contributed by atoms with Crippen molar-refractivity contribution >= 4 is 11.9 Å². The fraction of sp³-hybridized carbons (Fsp3) is 0.500. The summed E-state index contributed by atoms with van der Waals surface area (Å²) in [5.74, 6) is -1.82. The average molecular weight is 104 g/mol. The van der Waals surface area contributed by atoms with E-state index in [-0.39, 0.29) is 0 Å². The average Bonchev–Trinajstić information content (AvgIpc) is 1.87. The van der Waals surface area contributed by atoms with E-state index < -0.39 is 25.7 Å². The molecule has 0 fully saturated rings. The summed E-state index contributed by atoms with van der Waals surface area (Å²) in [6, 6.07) is 0. The van der Waals surface area contributed by atoms with Crippen LogP contribution >= 0.6 is 0 Å². The Morgan fingerprint density at radius 1 is 1.43 bits per heavy atom. The minimum atomic E-state index is -0.910. The van der Waals surface area contributed by atoms with Gasteiger partial charge in [0.05, 0.1) is 0 Å². The van der Waals surface area contributed by atoms with Crippen LogP contribution in [0.4, 0.5) is 0 Å². The van der Waals surface area contributed by atoms with Crippen molar-refractivity contribution in [2.24, 2.45) is 0 Å². The lowest BCUT2D eigenvalue weighted by Crippen LogP contribution is -2.03. The normalized spacial score (nSPS) is 11.4. The molecule has 0 aromatic heterocycles. The molecule has 0 aliphatic heterocycles. The Kier molecular flexibility index (Phi) is 1.06. The lowest BCUT2D eigenvalue weighted by Gasteiger charge is -1.87. The van der Waals surface area contributed by atoms with Crippen LogP contribution in [0.5, 0.6) is 0 Å². The molecule has 0 spiro atoms. The first-order valence-corrected chi connectivity index (χ1v) is 1.52. The third-order valence-electron chi connectivity index (χ3n) is 0.228. The minimum Gasteiger partial charge on any atom is -0.394 e. The zero-order valence-corrected chi connectivity index (χ0v) is 3.64. The highest BCUT2D eigenvalue weighted by atomic mass is 16.6. The zero-order valence-electron chi connectivity index (χ0n) is 5.64. The molecule has 0 aromatic carbocycles. The maximum atomic E-state index is 10.1. The fourth-order valence-corrected chi connectivity index (χ4v) is 0.127. The first-order chi connectivity index (χ1) is 4.20. The van der Waals surface area contributed by atoms with Gasteiger partial charge in [0, 0.05) is 16.5 Å². The summed E-state index contributed by atoms with van der Waals surface area (Å²) in [6.45, 7) is -1.16. The molecule has 0 aliphatic carbocycles. The van der Waals surface area contributed by atoms with Gasteiger partial charge in [-0.2, -0.15) is 0 Å². The van der Waals surface area contributed by atoms with Crippen molar-refractivity contribution in [3.8, 4) is 0 Å². The minimum absolute atomic E-state index is 0.578. The Labute approximate surface area is 44.1 Å². The molecule has 0 N–H and O–H groups in total. The molecule has 0 bridgehead atoms. The number of hydrogen-bond donors (Lipinski definition) is 0. The van der Waals surface area contributed by atoms with E-state index >= 15 is 0 Å². The molecule has 0 heterocycles. The summed E-state index contributed by atoms with van der Waals surface area (Å²) >= 11 is 0. The van der Waals surface area contributed by atoms with E-state index in [4.69, 9.17) is 2.74 Å². The number of ether oxygens (including phenoxy) is 1. The van der Waals surface area contributed by atoms with Gasteiger partial charge in [0.2, 0.25) is 0 Å². The van der Waals surface area contributed by atoms with Gasteiger partial charge in [-0.05, 0) is 0 Å². The molecule has 0 radical (unpaired) electrons. The third kappa shape index (κ3) is 5.14. The van der Waals surface area contributed by atoms with E-state index in [9.17, 15) is 9.59 Å². The molecule has 0 unspecified atom stereocenters. The lowest BCUT2D eigenvalue weighted by atomic mass is 10.7. The molecule has 0 saturated carbocycles. The van der Waals surface area contributed by atoms with E-state index in [0.717, 1.165) is 0 Å². The first kappa shape index (κ1) is 3.18. The van der Waals surface area contributed by atoms with E-state index in [2.05, 4.69) is 4.74 Å². The summed E-state index contributed by atoms with van der Waals surface area (Å²) in [4.78, 5) is 20.1. The number of carbonyl (C=O) groups is 2. The largest absolute Gasteiger partial charge is 0.394 e. The van der Waals surface area contributed by atoms with E-state index in [0.29, 0.717) is 0 Å². The number of carbonyl (C=O) groups excluding carboxylic acids is 2. The summed E-state index contributed by atoms with van der Waals surface area (Å²) in [5.41, 5.74) is 0. The lowest BCUT2D eigenvalue weighted by molar-refractivity contribution is -0.156. The van der Waals surface area contributed by atoms with Crippen molar-refractivity contribution in [2.45, 2.75) is 13.8 Å². The molecule has 0 aromatic rings. The Hall–Kier alpha value is -0.860. The van der Waals surface area contributed by atoms with Gasteiger partial charge in [-0.1, -0.05) is 0 Å². The summed E-state index contributed by atoms with van der Waals surface area (Å²) in [6.07, 6.45) is 0. The quantitative estimate of drug-likeness (QED) is 0.323. The number of hydrogen-bond acceptors (Lipinski definition) is 3. The van der Waals surface area contributed by atoms with Crippen LogP contribution in [-0.4, -0.2) is 11.9 Å². The van der Waals surface area contributed by atoms with Gasteiger partial charge in [0.25, 0.3) is 0 Å². The van der Waals surface area contributed by atoms with Gasteiger partial charge in [0.15, 0.2) is 0 Å². The van der Waals surface area contributed by atoms with Crippen LogP contribution in [-0.2, 0) is 14.3 Å². The maximum Gasteiger partial charge on any atom is 0.310 e. The molecular weight excluding hydrogens is 96.0 g/mol.